The molecule has 0 atom stereocenters. The summed E-state index contributed by atoms with van der Waals surface area (Å²) in [5.74, 6) is 0.130. The molecule has 1 amide bonds. The summed E-state index contributed by atoms with van der Waals surface area (Å²) in [5, 5.41) is 10.6. The van der Waals surface area contributed by atoms with Crippen molar-refractivity contribution < 1.29 is 9.90 Å². The average Bonchev–Trinajstić information content (AvgIpc) is 2.48. The Bertz CT molecular complexity index is 343. The lowest BCUT2D eigenvalue weighted by atomic mass is 9.87. The second-order valence-corrected chi connectivity index (χ2v) is 6.85. The van der Waals surface area contributed by atoms with Gasteiger partial charge in [-0.2, -0.15) is 0 Å². The molecule has 0 aromatic carbocycles. The summed E-state index contributed by atoms with van der Waals surface area (Å²) < 4.78 is 0. The molecule has 5 nitrogen and oxygen atoms in total. The molecule has 2 saturated heterocycles. The van der Waals surface area contributed by atoms with Crippen LogP contribution in [-0.2, 0) is 4.79 Å². The van der Waals surface area contributed by atoms with E-state index < -0.39 is 5.60 Å². The van der Waals surface area contributed by atoms with Gasteiger partial charge in [0.2, 0.25) is 5.91 Å². The van der Waals surface area contributed by atoms with Gasteiger partial charge in [0, 0.05) is 45.3 Å². The quantitative estimate of drug-likeness (QED) is 0.833. The molecular formula is C16H31N3O2. The van der Waals surface area contributed by atoms with Crippen LogP contribution in [0.15, 0.2) is 0 Å². The summed E-state index contributed by atoms with van der Waals surface area (Å²) in [6.07, 6.45) is 1.74. The Kier molecular flexibility index (Phi) is 5.63. The number of rotatable bonds is 4. The van der Waals surface area contributed by atoms with E-state index in [2.05, 4.69) is 30.6 Å². The van der Waals surface area contributed by atoms with Crippen molar-refractivity contribution >= 4 is 5.91 Å². The van der Waals surface area contributed by atoms with Crippen LogP contribution in [-0.4, -0.2) is 83.2 Å². The van der Waals surface area contributed by atoms with Gasteiger partial charge in [-0.3, -0.25) is 9.69 Å². The van der Waals surface area contributed by atoms with Crippen molar-refractivity contribution in [2.24, 2.45) is 0 Å². The summed E-state index contributed by atoms with van der Waals surface area (Å²) >= 11 is 0. The molecule has 122 valence electrons. The maximum Gasteiger partial charge on any atom is 0.225 e. The van der Waals surface area contributed by atoms with Crippen molar-refractivity contribution in [1.82, 2.24) is 14.7 Å². The Morgan fingerprint density at radius 2 is 1.67 bits per heavy atom. The number of hydrogen-bond acceptors (Lipinski definition) is 4. The number of hydrogen-bond donors (Lipinski definition) is 1. The maximum absolute atomic E-state index is 12.4. The first kappa shape index (κ1) is 16.7. The smallest absolute Gasteiger partial charge is 0.225 e. The Labute approximate surface area is 128 Å². The van der Waals surface area contributed by atoms with Gasteiger partial charge in [-0.05, 0) is 33.2 Å². The van der Waals surface area contributed by atoms with Gasteiger partial charge >= 0.3 is 0 Å². The SMILES string of the molecule is CCN1CCC(O)(CC(=O)N2CCN(C(C)C)CC2)CC1. The highest BCUT2D eigenvalue weighted by molar-refractivity contribution is 5.77. The Balaban J connectivity index is 1.79. The molecule has 2 heterocycles. The van der Waals surface area contributed by atoms with E-state index in [-0.39, 0.29) is 5.91 Å². The molecule has 2 aliphatic heterocycles. The van der Waals surface area contributed by atoms with Crippen molar-refractivity contribution in [3.63, 3.8) is 0 Å². The molecule has 0 bridgehead atoms. The van der Waals surface area contributed by atoms with Crippen molar-refractivity contribution in [1.29, 1.82) is 0 Å². The first-order valence-corrected chi connectivity index (χ1v) is 8.40. The van der Waals surface area contributed by atoms with Crippen molar-refractivity contribution in [3.8, 4) is 0 Å². The minimum absolute atomic E-state index is 0.130. The molecule has 2 fully saturated rings. The number of piperazine rings is 1. The van der Waals surface area contributed by atoms with Gasteiger partial charge in [-0.1, -0.05) is 6.92 Å². The van der Waals surface area contributed by atoms with Crippen LogP contribution in [0.1, 0.15) is 40.0 Å². The summed E-state index contributed by atoms with van der Waals surface area (Å²) in [6.45, 7) is 12.9. The van der Waals surface area contributed by atoms with Crippen LogP contribution in [0.5, 0.6) is 0 Å². The minimum atomic E-state index is -0.780. The summed E-state index contributed by atoms with van der Waals surface area (Å²) in [4.78, 5) is 19.1. The zero-order valence-electron chi connectivity index (χ0n) is 13.8. The van der Waals surface area contributed by atoms with Gasteiger partial charge in [0.25, 0.3) is 0 Å². The summed E-state index contributed by atoms with van der Waals surface area (Å²) in [5.41, 5.74) is -0.780. The highest BCUT2D eigenvalue weighted by atomic mass is 16.3. The van der Waals surface area contributed by atoms with Crippen LogP contribution < -0.4 is 0 Å². The fourth-order valence-electron chi connectivity index (χ4n) is 3.34. The highest BCUT2D eigenvalue weighted by Gasteiger charge is 2.36. The molecule has 0 unspecified atom stereocenters. The summed E-state index contributed by atoms with van der Waals surface area (Å²) in [7, 11) is 0. The van der Waals surface area contributed by atoms with E-state index in [4.69, 9.17) is 0 Å². The van der Waals surface area contributed by atoms with Crippen molar-refractivity contribution in [2.75, 3.05) is 45.8 Å². The van der Waals surface area contributed by atoms with Crippen LogP contribution in [0.25, 0.3) is 0 Å². The van der Waals surface area contributed by atoms with Gasteiger partial charge in [0.05, 0.1) is 12.0 Å². The standard InChI is InChI=1S/C16H31N3O2/c1-4-17-7-5-16(21,6-8-17)13-15(20)19-11-9-18(10-12-19)14(2)3/h14,21H,4-13H2,1-3H3. The molecule has 0 spiro atoms. The highest BCUT2D eigenvalue weighted by Crippen LogP contribution is 2.26. The van der Waals surface area contributed by atoms with Crippen LogP contribution in [0.3, 0.4) is 0 Å². The predicted molar refractivity (Wildman–Crippen MR) is 84.2 cm³/mol. The van der Waals surface area contributed by atoms with Crippen LogP contribution in [0, 0.1) is 0 Å². The molecule has 2 rings (SSSR count). The zero-order valence-corrected chi connectivity index (χ0v) is 13.8. The Hall–Kier alpha value is -0.650. The van der Waals surface area contributed by atoms with Gasteiger partial charge < -0.3 is 14.9 Å². The van der Waals surface area contributed by atoms with E-state index in [9.17, 15) is 9.90 Å². The number of amides is 1. The number of piperidine rings is 1. The fourth-order valence-corrected chi connectivity index (χ4v) is 3.34. The largest absolute Gasteiger partial charge is 0.389 e. The van der Waals surface area contributed by atoms with Gasteiger partial charge in [0.1, 0.15) is 0 Å². The van der Waals surface area contributed by atoms with E-state index in [0.717, 1.165) is 58.7 Å². The van der Waals surface area contributed by atoms with Gasteiger partial charge in [0.15, 0.2) is 0 Å². The van der Waals surface area contributed by atoms with E-state index in [1.165, 1.54) is 0 Å². The average molecular weight is 297 g/mol. The molecular weight excluding hydrogens is 266 g/mol. The van der Waals surface area contributed by atoms with E-state index in [0.29, 0.717) is 12.5 Å². The normalized spacial score (nSPS) is 24.5. The Morgan fingerprint density at radius 1 is 1.10 bits per heavy atom. The number of likely N-dealkylation sites (tertiary alicyclic amines) is 1. The lowest BCUT2D eigenvalue weighted by Crippen LogP contribution is -2.53. The molecule has 2 aliphatic rings. The molecule has 21 heavy (non-hydrogen) atoms. The first-order chi connectivity index (χ1) is 9.93. The lowest BCUT2D eigenvalue weighted by molar-refractivity contribution is -0.140. The molecule has 0 aliphatic carbocycles. The van der Waals surface area contributed by atoms with Crippen LogP contribution in [0.2, 0.25) is 0 Å². The minimum Gasteiger partial charge on any atom is -0.389 e. The lowest BCUT2D eigenvalue weighted by Gasteiger charge is -2.40. The predicted octanol–water partition coefficient (Wildman–Crippen LogP) is 0.776. The summed E-state index contributed by atoms with van der Waals surface area (Å²) in [6, 6.07) is 0.546. The Morgan fingerprint density at radius 3 is 2.14 bits per heavy atom. The van der Waals surface area contributed by atoms with E-state index in [1.807, 2.05) is 4.90 Å². The second-order valence-electron chi connectivity index (χ2n) is 6.85. The van der Waals surface area contributed by atoms with Crippen LogP contribution in [0.4, 0.5) is 0 Å². The number of nitrogens with zero attached hydrogens (tertiary/aromatic N) is 3. The third-order valence-corrected chi connectivity index (χ3v) is 5.11. The third kappa shape index (κ3) is 4.41. The molecule has 1 N–H and O–H groups in total. The molecule has 0 saturated carbocycles. The molecule has 5 heteroatoms. The van der Waals surface area contributed by atoms with Gasteiger partial charge in [-0.25, -0.2) is 0 Å². The number of aliphatic hydroxyl groups is 1. The molecule has 0 aromatic heterocycles. The number of carbonyl (C=O) groups excluding carboxylic acids is 1. The van der Waals surface area contributed by atoms with Gasteiger partial charge in [-0.15, -0.1) is 0 Å². The topological polar surface area (TPSA) is 47.0 Å². The monoisotopic (exact) mass is 297 g/mol. The first-order valence-electron chi connectivity index (χ1n) is 8.40. The van der Waals surface area contributed by atoms with Crippen molar-refractivity contribution in [3.05, 3.63) is 0 Å². The third-order valence-electron chi connectivity index (χ3n) is 5.11. The fraction of sp³-hybridized carbons (Fsp3) is 0.938. The zero-order chi connectivity index (χ0) is 15.5. The molecule has 0 radical (unpaired) electrons. The van der Waals surface area contributed by atoms with E-state index >= 15 is 0 Å². The second kappa shape index (κ2) is 7.07. The molecule has 0 aromatic rings. The maximum atomic E-state index is 12.4. The van der Waals surface area contributed by atoms with E-state index in [1.54, 1.807) is 0 Å². The van der Waals surface area contributed by atoms with Crippen LogP contribution >= 0.6 is 0 Å². The van der Waals surface area contributed by atoms with Crippen molar-refractivity contribution in [2.45, 2.75) is 51.7 Å². The number of carbonyl (C=O) groups is 1.